The number of benzene rings is 2. The van der Waals surface area contributed by atoms with Crippen molar-refractivity contribution in [3.05, 3.63) is 88.3 Å². The molecule has 0 aliphatic heterocycles. The van der Waals surface area contributed by atoms with Gasteiger partial charge in [-0.1, -0.05) is 62.2 Å². The molecular weight excluding hydrogens is 536 g/mol. The molecule has 0 unspecified atom stereocenters. The number of aromatic nitrogens is 3. The van der Waals surface area contributed by atoms with Crippen molar-refractivity contribution in [2.24, 2.45) is 0 Å². The lowest BCUT2D eigenvalue weighted by atomic mass is 10.2. The number of furan rings is 1. The summed E-state index contributed by atoms with van der Waals surface area (Å²) in [4.78, 5) is 36.3. The SMILES string of the molecule is CCCCCOC(=O)c1c(NC(=O)c2ccc(Br)o2)n(Cc2ccccc2)c2nc3ccccc3nc12. The summed E-state index contributed by atoms with van der Waals surface area (Å²) in [6.07, 6.45) is 2.71. The van der Waals surface area contributed by atoms with Crippen molar-refractivity contribution < 1.29 is 18.7 Å². The summed E-state index contributed by atoms with van der Waals surface area (Å²) in [5.41, 5.74) is 3.29. The number of unbranched alkanes of at least 4 members (excludes halogenated alkanes) is 2. The minimum atomic E-state index is -0.562. The van der Waals surface area contributed by atoms with E-state index in [9.17, 15) is 9.59 Å². The van der Waals surface area contributed by atoms with E-state index >= 15 is 0 Å². The van der Waals surface area contributed by atoms with Crippen LogP contribution in [0.3, 0.4) is 0 Å². The van der Waals surface area contributed by atoms with Crippen molar-refractivity contribution in [3.63, 3.8) is 0 Å². The third kappa shape index (κ3) is 5.27. The lowest BCUT2D eigenvalue weighted by Crippen LogP contribution is -2.18. The van der Waals surface area contributed by atoms with Gasteiger partial charge < -0.3 is 19.0 Å². The van der Waals surface area contributed by atoms with Crippen molar-refractivity contribution in [3.8, 4) is 0 Å². The first-order valence-electron chi connectivity index (χ1n) is 12.1. The van der Waals surface area contributed by atoms with Crippen LogP contribution in [-0.2, 0) is 11.3 Å². The smallest absolute Gasteiger partial charge is 0.344 e. The summed E-state index contributed by atoms with van der Waals surface area (Å²) in [6, 6.07) is 20.4. The number of ether oxygens (including phenoxy) is 1. The Bertz CT molecular complexity index is 1580. The van der Waals surface area contributed by atoms with E-state index in [-0.39, 0.29) is 23.7 Å². The van der Waals surface area contributed by atoms with Crippen molar-refractivity contribution in [1.29, 1.82) is 0 Å². The summed E-state index contributed by atoms with van der Waals surface area (Å²) in [5, 5.41) is 2.88. The van der Waals surface area contributed by atoms with Crippen molar-refractivity contribution in [2.45, 2.75) is 32.7 Å². The molecule has 8 nitrogen and oxygen atoms in total. The summed E-state index contributed by atoms with van der Waals surface area (Å²) in [6.45, 7) is 2.71. The summed E-state index contributed by atoms with van der Waals surface area (Å²) < 4.78 is 13.3. The molecule has 0 aliphatic carbocycles. The van der Waals surface area contributed by atoms with Crippen LogP contribution in [0.15, 0.2) is 75.8 Å². The number of carbonyl (C=O) groups is 2. The number of esters is 1. The van der Waals surface area contributed by atoms with Gasteiger partial charge in [0.2, 0.25) is 0 Å². The van der Waals surface area contributed by atoms with E-state index < -0.39 is 11.9 Å². The first-order valence-corrected chi connectivity index (χ1v) is 12.9. The van der Waals surface area contributed by atoms with E-state index in [4.69, 9.17) is 19.1 Å². The maximum atomic E-state index is 13.5. The molecule has 5 rings (SSSR count). The van der Waals surface area contributed by atoms with Gasteiger partial charge in [-0.25, -0.2) is 14.8 Å². The van der Waals surface area contributed by atoms with Crippen molar-refractivity contribution >= 4 is 55.8 Å². The van der Waals surface area contributed by atoms with Gasteiger partial charge in [0.05, 0.1) is 24.2 Å². The highest BCUT2D eigenvalue weighted by Gasteiger charge is 2.29. The molecule has 0 saturated heterocycles. The number of nitrogens with zero attached hydrogens (tertiary/aromatic N) is 3. The lowest BCUT2D eigenvalue weighted by Gasteiger charge is -2.12. The number of anilines is 1. The summed E-state index contributed by atoms with van der Waals surface area (Å²) in [5.74, 6) is -0.718. The Morgan fingerprint density at radius 1 is 0.973 bits per heavy atom. The number of hydrogen-bond donors (Lipinski definition) is 1. The maximum Gasteiger partial charge on any atom is 0.344 e. The van der Waals surface area contributed by atoms with Crippen LogP contribution in [0.25, 0.3) is 22.2 Å². The second kappa shape index (κ2) is 11.0. The standard InChI is InChI=1S/C28H25BrN4O4/c1-2-3-9-16-36-28(35)23-24-26(31-20-13-8-7-12-19(20)30-24)33(17-18-10-5-4-6-11-18)25(23)32-27(34)21-14-15-22(29)37-21/h4-8,10-15H,2-3,9,16-17H2,1H3,(H,32,34). The summed E-state index contributed by atoms with van der Waals surface area (Å²) in [7, 11) is 0. The normalized spacial score (nSPS) is 11.2. The van der Waals surface area contributed by atoms with E-state index in [0.29, 0.717) is 33.4 Å². The number of carbonyl (C=O) groups excluding carboxylic acids is 2. The molecule has 1 amide bonds. The van der Waals surface area contributed by atoms with Crippen LogP contribution in [0.1, 0.15) is 52.7 Å². The van der Waals surface area contributed by atoms with E-state index in [1.165, 1.54) is 0 Å². The van der Waals surface area contributed by atoms with Crippen LogP contribution in [0.2, 0.25) is 0 Å². The van der Waals surface area contributed by atoms with Crippen LogP contribution in [-0.4, -0.2) is 33.0 Å². The molecule has 0 radical (unpaired) electrons. The predicted molar refractivity (Wildman–Crippen MR) is 145 cm³/mol. The second-order valence-corrected chi connectivity index (χ2v) is 9.36. The number of fused-ring (bicyclic) bond motifs is 2. The Kier molecular flexibility index (Phi) is 7.32. The monoisotopic (exact) mass is 560 g/mol. The predicted octanol–water partition coefficient (Wildman–Crippen LogP) is 6.59. The molecule has 1 N–H and O–H groups in total. The number of para-hydroxylation sites is 2. The van der Waals surface area contributed by atoms with Crippen LogP contribution in [0, 0.1) is 0 Å². The minimum absolute atomic E-state index is 0.0942. The quantitative estimate of drug-likeness (QED) is 0.161. The van der Waals surface area contributed by atoms with Crippen LogP contribution >= 0.6 is 15.9 Å². The first-order chi connectivity index (χ1) is 18.0. The molecule has 0 bridgehead atoms. The van der Waals surface area contributed by atoms with E-state index in [0.717, 1.165) is 24.8 Å². The molecular formula is C28H25BrN4O4. The fourth-order valence-corrected chi connectivity index (χ4v) is 4.44. The van der Waals surface area contributed by atoms with Crippen LogP contribution < -0.4 is 5.32 Å². The maximum absolute atomic E-state index is 13.5. The molecule has 0 fully saturated rings. The lowest BCUT2D eigenvalue weighted by molar-refractivity contribution is 0.0501. The molecule has 5 aromatic rings. The number of hydrogen-bond acceptors (Lipinski definition) is 6. The third-order valence-electron chi connectivity index (χ3n) is 5.95. The van der Waals surface area contributed by atoms with Crippen molar-refractivity contribution in [2.75, 3.05) is 11.9 Å². The van der Waals surface area contributed by atoms with Crippen LogP contribution in [0.5, 0.6) is 0 Å². The van der Waals surface area contributed by atoms with Gasteiger partial charge in [-0.15, -0.1) is 0 Å². The molecule has 9 heteroatoms. The van der Waals surface area contributed by atoms with Gasteiger partial charge in [0, 0.05) is 0 Å². The molecule has 188 valence electrons. The Morgan fingerprint density at radius 2 is 1.70 bits per heavy atom. The van der Waals surface area contributed by atoms with Crippen LogP contribution in [0.4, 0.5) is 5.82 Å². The summed E-state index contributed by atoms with van der Waals surface area (Å²) >= 11 is 3.23. The highest BCUT2D eigenvalue weighted by molar-refractivity contribution is 9.10. The Hall–Kier alpha value is -3.98. The average Bonchev–Trinajstić information content (AvgIpc) is 3.47. The first kappa shape index (κ1) is 24.7. The highest BCUT2D eigenvalue weighted by Crippen LogP contribution is 2.32. The number of nitrogens with one attached hydrogen (secondary N) is 1. The van der Waals surface area contributed by atoms with Gasteiger partial charge in [0.15, 0.2) is 16.1 Å². The largest absolute Gasteiger partial charge is 0.462 e. The van der Waals surface area contributed by atoms with E-state index in [1.807, 2.05) is 54.6 Å². The Balaban J connectivity index is 1.69. The average molecular weight is 561 g/mol. The molecule has 0 atom stereocenters. The number of amides is 1. The van der Waals surface area contributed by atoms with Gasteiger partial charge in [-0.3, -0.25) is 4.79 Å². The Morgan fingerprint density at radius 3 is 2.41 bits per heavy atom. The zero-order chi connectivity index (χ0) is 25.8. The fraction of sp³-hybridized carbons (Fsp3) is 0.214. The van der Waals surface area contributed by atoms with Crippen molar-refractivity contribution in [1.82, 2.24) is 14.5 Å². The van der Waals surface area contributed by atoms with E-state index in [2.05, 4.69) is 28.2 Å². The van der Waals surface area contributed by atoms with Gasteiger partial charge in [-0.2, -0.15) is 0 Å². The van der Waals surface area contributed by atoms with Gasteiger partial charge >= 0.3 is 5.97 Å². The topological polar surface area (TPSA) is 99.2 Å². The molecule has 0 saturated carbocycles. The Labute approximate surface area is 221 Å². The van der Waals surface area contributed by atoms with E-state index in [1.54, 1.807) is 16.7 Å². The van der Waals surface area contributed by atoms with Gasteiger partial charge in [-0.05, 0) is 52.2 Å². The highest BCUT2D eigenvalue weighted by atomic mass is 79.9. The number of rotatable bonds is 9. The zero-order valence-corrected chi connectivity index (χ0v) is 21.8. The third-order valence-corrected chi connectivity index (χ3v) is 6.38. The minimum Gasteiger partial charge on any atom is -0.462 e. The van der Waals surface area contributed by atoms with Gasteiger partial charge in [0.1, 0.15) is 16.9 Å². The molecule has 0 aliphatic rings. The molecule has 3 heterocycles. The number of halogens is 1. The molecule has 0 spiro atoms. The molecule has 37 heavy (non-hydrogen) atoms. The van der Waals surface area contributed by atoms with Gasteiger partial charge in [0.25, 0.3) is 5.91 Å². The second-order valence-electron chi connectivity index (χ2n) is 8.58. The molecule has 2 aromatic carbocycles. The fourth-order valence-electron chi connectivity index (χ4n) is 4.14. The molecule has 3 aromatic heterocycles. The zero-order valence-electron chi connectivity index (χ0n) is 20.2.